The standard InChI is InChI=1S/C16H19NO5/c1-21-12-6-3-11(4-7-12)5-8-15(19)17-9-13(14(18)10-17)16(20)22-2/h3-4,6-7,13H,5,8-10H2,1-2H3. The van der Waals surface area contributed by atoms with E-state index in [9.17, 15) is 14.4 Å². The van der Waals surface area contributed by atoms with Crippen LogP contribution in [0.1, 0.15) is 12.0 Å². The Morgan fingerprint density at radius 2 is 1.91 bits per heavy atom. The molecule has 1 aliphatic rings. The lowest BCUT2D eigenvalue weighted by Crippen LogP contribution is -2.30. The average molecular weight is 305 g/mol. The van der Waals surface area contributed by atoms with Crippen LogP contribution in [0, 0.1) is 5.92 Å². The van der Waals surface area contributed by atoms with Gasteiger partial charge >= 0.3 is 5.97 Å². The third-order valence-corrected chi connectivity index (χ3v) is 3.76. The molecule has 1 amide bonds. The number of aryl methyl sites for hydroxylation is 1. The van der Waals surface area contributed by atoms with E-state index >= 15 is 0 Å². The van der Waals surface area contributed by atoms with Gasteiger partial charge in [0.2, 0.25) is 5.91 Å². The SMILES string of the molecule is COC(=O)C1CN(C(=O)CCc2ccc(OC)cc2)CC1=O. The number of esters is 1. The molecule has 1 atom stereocenters. The molecule has 6 heteroatoms. The van der Waals surface area contributed by atoms with Gasteiger partial charge in [-0.15, -0.1) is 0 Å². The molecular weight excluding hydrogens is 286 g/mol. The van der Waals surface area contributed by atoms with Gasteiger partial charge in [0, 0.05) is 13.0 Å². The third-order valence-electron chi connectivity index (χ3n) is 3.76. The molecule has 1 unspecified atom stereocenters. The van der Waals surface area contributed by atoms with Crippen molar-refractivity contribution in [1.82, 2.24) is 4.90 Å². The smallest absolute Gasteiger partial charge is 0.318 e. The Hall–Kier alpha value is -2.37. The first-order valence-corrected chi connectivity index (χ1v) is 7.06. The van der Waals surface area contributed by atoms with Crippen LogP contribution in [0.2, 0.25) is 0 Å². The highest BCUT2D eigenvalue weighted by molar-refractivity contribution is 6.03. The summed E-state index contributed by atoms with van der Waals surface area (Å²) in [6.45, 7) is 0.105. The molecule has 0 aliphatic carbocycles. The molecule has 1 heterocycles. The number of carbonyl (C=O) groups is 3. The molecule has 6 nitrogen and oxygen atoms in total. The molecule has 0 aromatic heterocycles. The second kappa shape index (κ2) is 7.06. The molecule has 1 aromatic carbocycles. The number of hydrogen-bond donors (Lipinski definition) is 0. The monoisotopic (exact) mass is 305 g/mol. The maximum absolute atomic E-state index is 12.1. The lowest BCUT2D eigenvalue weighted by atomic mass is 10.1. The first kappa shape index (κ1) is 16.0. The van der Waals surface area contributed by atoms with Gasteiger partial charge in [-0.2, -0.15) is 0 Å². The molecule has 0 saturated carbocycles. The molecule has 0 radical (unpaired) electrons. The summed E-state index contributed by atoms with van der Waals surface area (Å²) in [4.78, 5) is 36.7. The summed E-state index contributed by atoms with van der Waals surface area (Å²) in [5.74, 6) is -1.04. The Kier molecular flexibility index (Phi) is 5.14. The van der Waals surface area contributed by atoms with Crippen LogP contribution in [0.5, 0.6) is 5.75 Å². The van der Waals surface area contributed by atoms with E-state index < -0.39 is 11.9 Å². The minimum atomic E-state index is -0.838. The van der Waals surface area contributed by atoms with E-state index in [0.717, 1.165) is 11.3 Å². The van der Waals surface area contributed by atoms with Crippen molar-refractivity contribution in [1.29, 1.82) is 0 Å². The van der Waals surface area contributed by atoms with Gasteiger partial charge in [0.05, 0.1) is 20.8 Å². The Balaban J connectivity index is 1.87. The predicted octanol–water partition coefficient (Wildman–Crippen LogP) is 0.828. The van der Waals surface area contributed by atoms with Crippen LogP contribution >= 0.6 is 0 Å². The summed E-state index contributed by atoms with van der Waals surface area (Å²) in [5.41, 5.74) is 1.02. The number of amides is 1. The largest absolute Gasteiger partial charge is 0.497 e. The highest BCUT2D eigenvalue weighted by Crippen LogP contribution is 2.17. The normalized spacial score (nSPS) is 17.5. The van der Waals surface area contributed by atoms with E-state index in [1.54, 1.807) is 7.11 Å². The summed E-state index contributed by atoms with van der Waals surface area (Å²) in [6.07, 6.45) is 0.879. The fourth-order valence-electron chi connectivity index (χ4n) is 2.42. The summed E-state index contributed by atoms with van der Waals surface area (Å²) in [5, 5.41) is 0. The zero-order chi connectivity index (χ0) is 16.1. The van der Waals surface area contributed by atoms with Crippen LogP contribution in [0.15, 0.2) is 24.3 Å². The first-order chi connectivity index (χ1) is 10.5. The van der Waals surface area contributed by atoms with Crippen LogP contribution < -0.4 is 4.74 Å². The van der Waals surface area contributed by atoms with Crippen molar-refractivity contribution < 1.29 is 23.9 Å². The van der Waals surface area contributed by atoms with E-state index in [4.69, 9.17) is 4.74 Å². The molecule has 1 aromatic rings. The van der Waals surface area contributed by atoms with Gasteiger partial charge in [0.25, 0.3) is 0 Å². The number of nitrogens with zero attached hydrogens (tertiary/aromatic N) is 1. The minimum absolute atomic E-state index is 0.0127. The number of ketones is 1. The summed E-state index contributed by atoms with van der Waals surface area (Å²) < 4.78 is 9.65. The molecule has 118 valence electrons. The zero-order valence-electron chi connectivity index (χ0n) is 12.7. The minimum Gasteiger partial charge on any atom is -0.497 e. The van der Waals surface area contributed by atoms with Crippen molar-refractivity contribution in [3.05, 3.63) is 29.8 Å². The van der Waals surface area contributed by atoms with E-state index in [0.29, 0.717) is 12.8 Å². The Labute approximate surface area is 129 Å². The van der Waals surface area contributed by atoms with Crippen molar-refractivity contribution in [2.24, 2.45) is 5.92 Å². The third kappa shape index (κ3) is 3.63. The van der Waals surface area contributed by atoms with E-state index in [2.05, 4.69) is 4.74 Å². The number of benzene rings is 1. The van der Waals surface area contributed by atoms with Gasteiger partial charge in [0.15, 0.2) is 5.78 Å². The Bertz CT molecular complexity index is 566. The maximum atomic E-state index is 12.1. The topological polar surface area (TPSA) is 72.9 Å². The number of carbonyl (C=O) groups excluding carboxylic acids is 3. The fraction of sp³-hybridized carbons (Fsp3) is 0.438. The Morgan fingerprint density at radius 3 is 2.50 bits per heavy atom. The lowest BCUT2D eigenvalue weighted by Gasteiger charge is -2.15. The van der Waals surface area contributed by atoms with Gasteiger partial charge in [-0.25, -0.2) is 0 Å². The van der Waals surface area contributed by atoms with Crippen LogP contribution in [0.25, 0.3) is 0 Å². The van der Waals surface area contributed by atoms with Crippen molar-refractivity contribution in [2.75, 3.05) is 27.3 Å². The molecule has 22 heavy (non-hydrogen) atoms. The average Bonchev–Trinajstić information content (AvgIpc) is 2.94. The lowest BCUT2D eigenvalue weighted by molar-refractivity contribution is -0.147. The quantitative estimate of drug-likeness (QED) is 0.595. The molecule has 0 bridgehead atoms. The van der Waals surface area contributed by atoms with E-state index in [1.807, 2.05) is 24.3 Å². The van der Waals surface area contributed by atoms with Gasteiger partial charge in [-0.3, -0.25) is 14.4 Å². The van der Waals surface area contributed by atoms with Gasteiger partial charge in [0.1, 0.15) is 11.7 Å². The van der Waals surface area contributed by atoms with Crippen molar-refractivity contribution >= 4 is 17.7 Å². The Morgan fingerprint density at radius 1 is 1.23 bits per heavy atom. The maximum Gasteiger partial charge on any atom is 0.318 e. The molecule has 1 saturated heterocycles. The molecule has 1 fully saturated rings. The van der Waals surface area contributed by atoms with Crippen molar-refractivity contribution in [3.63, 3.8) is 0 Å². The van der Waals surface area contributed by atoms with Crippen LogP contribution in [-0.4, -0.2) is 49.9 Å². The van der Waals surface area contributed by atoms with Crippen LogP contribution in [0.3, 0.4) is 0 Å². The van der Waals surface area contributed by atoms with E-state index in [1.165, 1.54) is 12.0 Å². The number of hydrogen-bond acceptors (Lipinski definition) is 5. The number of Topliss-reactive ketones (excluding diaryl/α,β-unsaturated/α-hetero) is 1. The summed E-state index contributed by atoms with van der Waals surface area (Å²) in [7, 11) is 2.84. The number of methoxy groups -OCH3 is 2. The molecule has 0 spiro atoms. The molecule has 1 aliphatic heterocycles. The summed E-state index contributed by atoms with van der Waals surface area (Å²) in [6, 6.07) is 7.48. The second-order valence-electron chi connectivity index (χ2n) is 5.16. The van der Waals surface area contributed by atoms with Gasteiger partial charge < -0.3 is 14.4 Å². The zero-order valence-corrected chi connectivity index (χ0v) is 12.7. The van der Waals surface area contributed by atoms with E-state index in [-0.39, 0.29) is 24.8 Å². The summed E-state index contributed by atoms with van der Waals surface area (Å²) >= 11 is 0. The second-order valence-corrected chi connectivity index (χ2v) is 5.16. The predicted molar refractivity (Wildman–Crippen MR) is 78.4 cm³/mol. The van der Waals surface area contributed by atoms with Crippen molar-refractivity contribution in [3.8, 4) is 5.75 Å². The van der Waals surface area contributed by atoms with Crippen LogP contribution in [-0.2, 0) is 25.5 Å². The molecular formula is C16H19NO5. The highest BCUT2D eigenvalue weighted by atomic mass is 16.5. The van der Waals surface area contributed by atoms with Crippen molar-refractivity contribution in [2.45, 2.75) is 12.8 Å². The molecule has 0 N–H and O–H groups in total. The fourth-order valence-corrected chi connectivity index (χ4v) is 2.42. The van der Waals surface area contributed by atoms with Crippen LogP contribution in [0.4, 0.5) is 0 Å². The number of ether oxygens (including phenoxy) is 2. The first-order valence-electron chi connectivity index (χ1n) is 7.06. The number of likely N-dealkylation sites (tertiary alicyclic amines) is 1. The van der Waals surface area contributed by atoms with Gasteiger partial charge in [-0.05, 0) is 24.1 Å². The number of rotatable bonds is 5. The highest BCUT2D eigenvalue weighted by Gasteiger charge is 2.38. The van der Waals surface area contributed by atoms with Gasteiger partial charge in [-0.1, -0.05) is 12.1 Å². The molecule has 2 rings (SSSR count).